The Labute approximate surface area is 712 Å². The van der Waals surface area contributed by atoms with Crippen LogP contribution in [0, 0.1) is 29.1 Å². The molecule has 2 bridgehead atoms. The molecule has 0 saturated carbocycles. The number of nitrogens with one attached hydrogen (secondary N) is 9. The molecule has 2 aromatic heterocycles. The second-order valence-electron chi connectivity index (χ2n) is 30.6. The zero-order chi connectivity index (χ0) is 88.4. The Morgan fingerprint density at radius 2 is 1.31 bits per heavy atom. The second kappa shape index (κ2) is 49.1. The lowest BCUT2D eigenvalue weighted by Gasteiger charge is -2.34. The van der Waals surface area contributed by atoms with E-state index < -0.39 is 223 Å². The molecule has 656 valence electrons. The third-order valence-electron chi connectivity index (χ3n) is 21.0. The molecule has 7 rings (SSSR count). The van der Waals surface area contributed by atoms with Gasteiger partial charge in [-0.3, -0.25) is 87.1 Å². The number of aliphatic carboxylic acids is 3. The number of Topliss-reactive ketones (excluding diaryl/α,β-unsaturated/α-hetero) is 4. The first-order valence-electron chi connectivity index (χ1n) is 40.1. The number of primary amides is 1. The number of carbonyl (C=O) groups is 17. The van der Waals surface area contributed by atoms with Gasteiger partial charge in [0.2, 0.25) is 59.1 Å². The number of hydrogen-bond donors (Lipinski definition) is 15. The summed E-state index contributed by atoms with van der Waals surface area (Å²) in [7, 11) is 0. The zero-order valence-corrected chi connectivity index (χ0v) is 70.2. The van der Waals surface area contributed by atoms with E-state index in [4.69, 9.17) is 16.9 Å². The third kappa shape index (κ3) is 31.9. The van der Waals surface area contributed by atoms with Gasteiger partial charge in [0.05, 0.1) is 60.8 Å². The molecule has 3 aliphatic heterocycles. The Kier molecular flexibility index (Phi) is 39.4. The van der Waals surface area contributed by atoms with E-state index in [0.29, 0.717) is 41.7 Å². The van der Waals surface area contributed by atoms with Crippen LogP contribution >= 0.6 is 35.3 Å². The molecule has 14 atom stereocenters. The number of carboxylic acid groups (broad SMARTS) is 3. The lowest BCUT2D eigenvalue weighted by molar-refractivity contribution is -0.148. The van der Waals surface area contributed by atoms with Crippen molar-refractivity contribution in [3.05, 3.63) is 120 Å². The molecular weight excluding hydrogens is 1630 g/mol. The number of aliphatic hydroxyl groups is 1. The summed E-state index contributed by atoms with van der Waals surface area (Å²) in [6, 6.07) is 5.06. The Morgan fingerprint density at radius 1 is 0.653 bits per heavy atom. The van der Waals surface area contributed by atoms with Crippen LogP contribution < -0.4 is 48.7 Å². The van der Waals surface area contributed by atoms with Gasteiger partial charge in [0.25, 0.3) is 0 Å². The number of amides is 10. The summed E-state index contributed by atoms with van der Waals surface area (Å²) in [6.45, 7) is 2.71. The van der Waals surface area contributed by atoms with E-state index in [9.17, 15) is 78.0 Å². The summed E-state index contributed by atoms with van der Waals surface area (Å²) < 4.78 is 0. The van der Waals surface area contributed by atoms with Crippen LogP contribution in [-0.4, -0.2) is 248 Å². The van der Waals surface area contributed by atoms with Crippen molar-refractivity contribution in [2.75, 3.05) is 36.6 Å². The van der Waals surface area contributed by atoms with E-state index in [0.717, 1.165) is 17.3 Å². The maximum Gasteiger partial charge on any atom is 0.305 e. The molecule has 0 unspecified atom stereocenters. The smallest absolute Gasteiger partial charge is 0.305 e. The number of benzene rings is 2. The third-order valence-corrected chi connectivity index (χ3v) is 23.9. The Balaban J connectivity index is 1.25. The van der Waals surface area contributed by atoms with Gasteiger partial charge < -0.3 is 88.7 Å². The first-order valence-corrected chi connectivity index (χ1v) is 43.8. The van der Waals surface area contributed by atoms with Crippen LogP contribution in [0.15, 0.2) is 91.6 Å². The molecule has 121 heavy (non-hydrogen) atoms. The summed E-state index contributed by atoms with van der Waals surface area (Å²) in [5, 5.41) is 67.1. The van der Waals surface area contributed by atoms with Crippen LogP contribution in [0.25, 0.3) is 0 Å². The van der Waals surface area contributed by atoms with Gasteiger partial charge in [0.1, 0.15) is 42.0 Å². The van der Waals surface area contributed by atoms with Gasteiger partial charge >= 0.3 is 17.9 Å². The Hall–Kier alpha value is -10.9. The molecule has 36 nitrogen and oxygen atoms in total. The van der Waals surface area contributed by atoms with Gasteiger partial charge in [-0.25, -0.2) is 4.98 Å². The minimum Gasteiger partial charge on any atom is -0.481 e. The van der Waals surface area contributed by atoms with Crippen LogP contribution in [0.2, 0.25) is 0 Å². The highest BCUT2D eigenvalue weighted by molar-refractivity contribution is 7.99. The first kappa shape index (κ1) is 97.2. The molecule has 5 heterocycles. The summed E-state index contributed by atoms with van der Waals surface area (Å²) in [5.41, 5.74) is 13.5. The predicted octanol–water partition coefficient (Wildman–Crippen LogP) is 1.64. The average molecular weight is 1740 g/mol. The fourth-order valence-corrected chi connectivity index (χ4v) is 17.2. The number of ketones is 4. The number of carbonyl (C=O) groups excluding carboxylic acids is 14. The maximum atomic E-state index is 15.4. The number of thioether (sulfide) groups is 3. The molecule has 0 spiro atoms. The van der Waals surface area contributed by atoms with Gasteiger partial charge in [-0.05, 0) is 118 Å². The van der Waals surface area contributed by atoms with E-state index in [1.54, 1.807) is 54.6 Å². The molecule has 0 radical (unpaired) electrons. The van der Waals surface area contributed by atoms with Gasteiger partial charge in [-0.1, -0.05) is 67.1 Å². The summed E-state index contributed by atoms with van der Waals surface area (Å²) in [6.07, 6.45) is 0.783. The number of aliphatic hydroxyl groups excluding tert-OH is 1. The molecule has 2 aromatic carbocycles. The zero-order valence-electron chi connectivity index (χ0n) is 67.7. The van der Waals surface area contributed by atoms with Crippen molar-refractivity contribution in [1.29, 1.82) is 5.41 Å². The molecular formula is C82H109N15O21S3. The highest BCUT2D eigenvalue weighted by Crippen LogP contribution is 2.30. The SMILES string of the molecule is CSCC[C@H](CC(C)=O)C(=O)N[C@H]1CSCc2cccc(c2)CSC[C@@H](C(=O)C[C@@H](CC(=O)O)C(=O)N[C@@H](Cc2c[nH]cn2)C(=O)C[C@@H](Cc2cccnc2)C(=O)N[C@@H](CCCCC(=N)N)C(=O)N[C@@H](CC(=O)O)C(N)=O)NC(=O)[C@H](Cc2ccccc2)CC(=O)[C@H](CCC(=O)O)NC(=O)[C@H]([C@@H](C)O)NC(=O)[C@@H]2CCCN2C(=O)[C@@H]2CCCN2C1=O. The largest absolute Gasteiger partial charge is 0.481 e. The van der Waals surface area contributed by atoms with E-state index >= 15 is 24.0 Å². The molecule has 10 amide bonds. The number of aromatic amines is 1. The van der Waals surface area contributed by atoms with Crippen molar-refractivity contribution in [3.63, 3.8) is 0 Å². The van der Waals surface area contributed by atoms with E-state index in [1.165, 1.54) is 72.1 Å². The fourth-order valence-electron chi connectivity index (χ4n) is 14.7. The van der Waals surface area contributed by atoms with Crippen molar-refractivity contribution in [3.8, 4) is 0 Å². The van der Waals surface area contributed by atoms with Crippen molar-refractivity contribution in [2.24, 2.45) is 35.1 Å². The van der Waals surface area contributed by atoms with Crippen molar-refractivity contribution in [1.82, 2.24) is 62.0 Å². The summed E-state index contributed by atoms with van der Waals surface area (Å²) in [5.74, 6) is -21.3. The van der Waals surface area contributed by atoms with E-state index in [2.05, 4.69) is 52.2 Å². The van der Waals surface area contributed by atoms with Gasteiger partial charge in [0, 0.05) is 117 Å². The lowest BCUT2D eigenvalue weighted by atomic mass is 9.89. The monoisotopic (exact) mass is 1740 g/mol. The van der Waals surface area contributed by atoms with Crippen molar-refractivity contribution < 1.29 is 102 Å². The highest BCUT2D eigenvalue weighted by Gasteiger charge is 2.46. The predicted molar refractivity (Wildman–Crippen MR) is 446 cm³/mol. The molecule has 3 aliphatic rings. The number of imidazole rings is 1. The van der Waals surface area contributed by atoms with Crippen LogP contribution in [0.5, 0.6) is 0 Å². The van der Waals surface area contributed by atoms with Crippen LogP contribution in [0.3, 0.4) is 0 Å². The Morgan fingerprint density at radius 3 is 1.93 bits per heavy atom. The van der Waals surface area contributed by atoms with Crippen LogP contribution in [0.4, 0.5) is 0 Å². The van der Waals surface area contributed by atoms with Gasteiger partial charge in [0.15, 0.2) is 17.3 Å². The van der Waals surface area contributed by atoms with Gasteiger partial charge in [-0.2, -0.15) is 35.3 Å². The van der Waals surface area contributed by atoms with Crippen LogP contribution in [0.1, 0.15) is 151 Å². The number of carboxylic acids is 3. The van der Waals surface area contributed by atoms with E-state index in [1.807, 2.05) is 18.4 Å². The number of nitrogens with zero attached hydrogens (tertiary/aromatic N) is 4. The number of nitrogens with two attached hydrogens (primary N) is 2. The lowest BCUT2D eigenvalue weighted by Crippen LogP contribution is -2.60. The number of amidine groups is 1. The second-order valence-corrected chi connectivity index (χ2v) is 33.7. The average Bonchev–Trinajstić information content (AvgIpc) is 1.67. The number of aromatic nitrogens is 3. The van der Waals surface area contributed by atoms with Crippen molar-refractivity contribution in [2.45, 2.75) is 214 Å². The Bertz CT molecular complexity index is 4320. The summed E-state index contributed by atoms with van der Waals surface area (Å²) >= 11 is 3.88. The number of H-pyrrole nitrogens is 1. The molecule has 4 aromatic rings. The van der Waals surface area contributed by atoms with E-state index in [-0.39, 0.29) is 118 Å². The number of hydrogen-bond acceptors (Lipinski definition) is 24. The first-order chi connectivity index (χ1) is 57.7. The minimum absolute atomic E-state index is 0.0159. The van der Waals surface area contributed by atoms with Crippen LogP contribution in [-0.2, 0) is 112 Å². The normalized spacial score (nSPS) is 20.9. The van der Waals surface area contributed by atoms with Crippen molar-refractivity contribution >= 4 is 141 Å². The minimum atomic E-state index is -1.84. The standard InChI is InChI=1S/C82H109N15O21S3/c1-46(98)29-52(24-28-119-3)74(110)94-62-44-121-42-51-16-9-15-50(30-51)41-120-43-61(93-76(112)53(31-48-13-5-4-6-14-48)33-65(100)57(22-23-69(103)104)89-80(116)72(47(2)99)95-79(115)63-19-11-26-96(63)82(118)64-20-12-27-97(64)81(62)117)67(102)35-55(36-70(105)106)77(113)91-59(37-56-40-87-45-88-56)66(101)34-54(32-49-17-10-25-86-39-49)75(111)90-58(18-7-8-21-68(83)84)78(114)92-60(73(85)109)38-71(107)108/h4-6,9-10,13-17,25,30,39-40,45,47,52-55,57-64,72,99H,7-8,11-12,18-24,26-29,31-38,41-44H2,1-3H3,(H3,83,84)(H2,85,109)(H,87,88)(H,89,116)(H,90,111)(H,91,113)(H,92,114)(H,93,112)(H,94,110)(H,95,115)(H,103,104)(H,105,106)(H,107,108)/t47-,52-,53-,54-,55+,57+,58+,59+,60+,61+,62+,63+,64+,72+/m1/s1. The maximum absolute atomic E-state index is 15.4. The molecule has 2 fully saturated rings. The number of rotatable bonds is 39. The number of fused-ring (bicyclic) bond motifs is 4. The molecule has 2 saturated heterocycles. The quantitative estimate of drug-likeness (QED) is 0.0171. The van der Waals surface area contributed by atoms with Gasteiger partial charge in [-0.15, -0.1) is 0 Å². The summed E-state index contributed by atoms with van der Waals surface area (Å²) in [4.78, 5) is 253. The number of pyridine rings is 1. The highest BCUT2D eigenvalue weighted by atomic mass is 32.2. The molecule has 17 N–H and O–H groups in total. The topological polar surface area (TPSA) is 579 Å². The fraction of sp³-hybridized carbons (Fsp3) is 0.537. The molecule has 0 aliphatic carbocycles. The molecule has 39 heteroatoms. The number of unbranched alkanes of at least 4 members (excludes halogenated alkanes) is 1.